The van der Waals surface area contributed by atoms with Crippen LogP contribution in [0.5, 0.6) is 11.5 Å². The molecule has 0 aliphatic heterocycles. The predicted molar refractivity (Wildman–Crippen MR) is 146 cm³/mol. The maximum Gasteiger partial charge on any atom is 0.153 e. The highest BCUT2D eigenvalue weighted by Gasteiger charge is 2.01. The molecule has 2 aromatic carbocycles. The van der Waals surface area contributed by atoms with Crippen molar-refractivity contribution in [3.8, 4) is 11.5 Å². The van der Waals surface area contributed by atoms with Crippen LogP contribution in [0.3, 0.4) is 0 Å². The summed E-state index contributed by atoms with van der Waals surface area (Å²) in [5.74, 6) is 1.41. The van der Waals surface area contributed by atoms with Gasteiger partial charge in [-0.15, -0.1) is 0 Å². The molecule has 0 radical (unpaired) electrons. The third-order valence-corrected chi connectivity index (χ3v) is 5.85. The van der Waals surface area contributed by atoms with E-state index in [9.17, 15) is 9.59 Å². The highest BCUT2D eigenvalue weighted by Crippen LogP contribution is 2.17. The number of para-hydroxylation sites is 2. The van der Waals surface area contributed by atoms with Crippen molar-refractivity contribution in [2.24, 2.45) is 0 Å². The number of aldehydes is 2. The van der Waals surface area contributed by atoms with Crippen LogP contribution in [0.15, 0.2) is 48.5 Å². The van der Waals surface area contributed by atoms with Crippen molar-refractivity contribution >= 4 is 12.6 Å². The summed E-state index contributed by atoms with van der Waals surface area (Å²) in [5, 5.41) is 0. The summed E-state index contributed by atoms with van der Waals surface area (Å²) in [6.07, 6.45) is 18.1. The van der Waals surface area contributed by atoms with Crippen LogP contribution < -0.4 is 9.47 Å². The van der Waals surface area contributed by atoms with E-state index in [1.807, 2.05) is 36.4 Å². The number of unbranched alkanes of at least 4 members (excludes halogenated alkanes) is 11. The van der Waals surface area contributed by atoms with Crippen LogP contribution in [0.2, 0.25) is 0 Å². The van der Waals surface area contributed by atoms with Crippen molar-refractivity contribution in [3.63, 3.8) is 0 Å². The minimum atomic E-state index is 0.637. The van der Waals surface area contributed by atoms with Crippen molar-refractivity contribution in [1.29, 1.82) is 0 Å². The van der Waals surface area contributed by atoms with Crippen LogP contribution in [0.1, 0.15) is 118 Å². The summed E-state index contributed by atoms with van der Waals surface area (Å²) < 4.78 is 11.2. The van der Waals surface area contributed by atoms with Gasteiger partial charge in [0.15, 0.2) is 12.6 Å². The number of carbonyl (C=O) groups is 2. The van der Waals surface area contributed by atoms with Crippen LogP contribution in [0.25, 0.3) is 0 Å². The molecule has 4 nitrogen and oxygen atoms in total. The molecule has 35 heavy (non-hydrogen) atoms. The van der Waals surface area contributed by atoms with Gasteiger partial charge in [-0.25, -0.2) is 0 Å². The second kappa shape index (κ2) is 21.9. The number of benzene rings is 2. The monoisotopic (exact) mass is 482 g/mol. The zero-order valence-corrected chi connectivity index (χ0v) is 22.0. The maximum atomic E-state index is 10.8. The third kappa shape index (κ3) is 15.1. The van der Waals surface area contributed by atoms with E-state index in [1.165, 1.54) is 70.6 Å². The van der Waals surface area contributed by atoms with Crippen LogP contribution in [0, 0.1) is 0 Å². The molecule has 0 N–H and O–H groups in total. The molecule has 0 fully saturated rings. The van der Waals surface area contributed by atoms with Crippen molar-refractivity contribution in [2.45, 2.75) is 97.3 Å². The number of hydrogen-bond donors (Lipinski definition) is 0. The maximum absolute atomic E-state index is 10.8. The Hall–Kier alpha value is -2.62. The molecule has 2 aromatic rings. The summed E-state index contributed by atoms with van der Waals surface area (Å²) in [5.41, 5.74) is 1.28. The lowest BCUT2D eigenvalue weighted by molar-refractivity contribution is 0.111. The zero-order chi connectivity index (χ0) is 25.4. The molecule has 2 rings (SSSR count). The Morgan fingerprint density at radius 2 is 0.857 bits per heavy atom. The van der Waals surface area contributed by atoms with E-state index in [0.29, 0.717) is 35.8 Å². The molecule has 0 aromatic heterocycles. The number of rotatable bonds is 19. The van der Waals surface area contributed by atoms with E-state index in [-0.39, 0.29) is 0 Å². The molecule has 0 atom stereocenters. The Balaban J connectivity index is 0.000000351. The first-order valence-electron chi connectivity index (χ1n) is 13.6. The third-order valence-electron chi connectivity index (χ3n) is 5.85. The SMILES string of the molecule is CCCCCCCCCOc1ccccc1C=O.CCCCCCCCOc1ccccc1C=O. The molecule has 0 aliphatic carbocycles. The van der Waals surface area contributed by atoms with Crippen molar-refractivity contribution in [2.75, 3.05) is 13.2 Å². The summed E-state index contributed by atoms with van der Waals surface area (Å²) in [4.78, 5) is 21.5. The van der Waals surface area contributed by atoms with Crippen molar-refractivity contribution < 1.29 is 19.1 Å². The van der Waals surface area contributed by atoms with Crippen LogP contribution in [-0.2, 0) is 0 Å². The van der Waals surface area contributed by atoms with Gasteiger partial charge in [-0.1, -0.05) is 109 Å². The van der Waals surface area contributed by atoms with Gasteiger partial charge in [0.05, 0.1) is 24.3 Å². The second-order valence-electron chi connectivity index (χ2n) is 8.90. The summed E-state index contributed by atoms with van der Waals surface area (Å²) in [7, 11) is 0. The standard InChI is InChI=1S/C16H24O2.C15H22O2/c1-2-3-4-5-6-7-10-13-18-16-12-9-8-11-15(16)14-17;1-2-3-4-5-6-9-12-17-15-11-8-7-10-14(15)13-16/h8-9,11-12,14H,2-7,10,13H2,1H3;7-8,10-11,13H,2-6,9,12H2,1H3. The Morgan fingerprint density at radius 1 is 0.514 bits per heavy atom. The lowest BCUT2D eigenvalue weighted by Crippen LogP contribution is -1.99. The minimum Gasteiger partial charge on any atom is -0.493 e. The van der Waals surface area contributed by atoms with Crippen LogP contribution in [0.4, 0.5) is 0 Å². The van der Waals surface area contributed by atoms with E-state index in [1.54, 1.807) is 12.1 Å². The molecule has 194 valence electrons. The second-order valence-corrected chi connectivity index (χ2v) is 8.90. The fourth-order valence-electron chi connectivity index (χ4n) is 3.72. The largest absolute Gasteiger partial charge is 0.493 e. The molecule has 0 bridgehead atoms. The zero-order valence-electron chi connectivity index (χ0n) is 22.0. The summed E-state index contributed by atoms with van der Waals surface area (Å²) in [6.45, 7) is 5.87. The Bertz CT molecular complexity index is 787. The molecule has 0 aliphatic rings. The molecule has 0 saturated carbocycles. The Kier molecular flexibility index (Phi) is 19.0. The van der Waals surface area contributed by atoms with Gasteiger partial charge < -0.3 is 9.47 Å². The highest BCUT2D eigenvalue weighted by molar-refractivity contribution is 5.79. The molecule has 0 spiro atoms. The first-order valence-corrected chi connectivity index (χ1v) is 13.6. The van der Waals surface area contributed by atoms with Crippen LogP contribution in [-0.4, -0.2) is 25.8 Å². The lowest BCUT2D eigenvalue weighted by Gasteiger charge is -2.07. The summed E-state index contributed by atoms with van der Waals surface area (Å²) >= 11 is 0. The number of hydrogen-bond acceptors (Lipinski definition) is 4. The molecule has 0 amide bonds. The van der Waals surface area contributed by atoms with Gasteiger partial charge in [0.25, 0.3) is 0 Å². The van der Waals surface area contributed by atoms with E-state index in [0.717, 1.165) is 25.4 Å². The van der Waals surface area contributed by atoms with Gasteiger partial charge in [-0.2, -0.15) is 0 Å². The van der Waals surface area contributed by atoms with Gasteiger partial charge >= 0.3 is 0 Å². The Morgan fingerprint density at radius 3 is 1.23 bits per heavy atom. The molecule has 4 heteroatoms. The average Bonchev–Trinajstić information content (AvgIpc) is 2.90. The Labute approximate surface area is 213 Å². The highest BCUT2D eigenvalue weighted by atomic mass is 16.5. The van der Waals surface area contributed by atoms with Gasteiger partial charge in [0, 0.05) is 0 Å². The topological polar surface area (TPSA) is 52.6 Å². The minimum absolute atomic E-state index is 0.637. The van der Waals surface area contributed by atoms with Gasteiger partial charge in [0.2, 0.25) is 0 Å². The molecular weight excluding hydrogens is 436 g/mol. The van der Waals surface area contributed by atoms with Gasteiger partial charge in [0.1, 0.15) is 11.5 Å². The molecule has 0 saturated heterocycles. The fourth-order valence-corrected chi connectivity index (χ4v) is 3.72. The molecule has 0 heterocycles. The molecule has 0 unspecified atom stereocenters. The quantitative estimate of drug-likeness (QED) is 0.148. The smallest absolute Gasteiger partial charge is 0.153 e. The molecular formula is C31H46O4. The number of carbonyl (C=O) groups excluding carboxylic acids is 2. The van der Waals surface area contributed by atoms with E-state index >= 15 is 0 Å². The van der Waals surface area contributed by atoms with Crippen LogP contribution >= 0.6 is 0 Å². The predicted octanol–water partition coefficient (Wildman–Crippen LogP) is 8.87. The normalized spacial score (nSPS) is 10.2. The van der Waals surface area contributed by atoms with E-state index < -0.39 is 0 Å². The van der Waals surface area contributed by atoms with Crippen molar-refractivity contribution in [3.05, 3.63) is 59.7 Å². The number of ether oxygens (including phenoxy) is 2. The summed E-state index contributed by atoms with van der Waals surface area (Å²) in [6, 6.07) is 14.8. The van der Waals surface area contributed by atoms with E-state index in [4.69, 9.17) is 9.47 Å². The van der Waals surface area contributed by atoms with E-state index in [2.05, 4.69) is 13.8 Å². The average molecular weight is 483 g/mol. The lowest BCUT2D eigenvalue weighted by atomic mass is 10.1. The fraction of sp³-hybridized carbons (Fsp3) is 0.548. The van der Waals surface area contributed by atoms with Gasteiger partial charge in [-0.3, -0.25) is 9.59 Å². The first-order chi connectivity index (χ1) is 17.3. The van der Waals surface area contributed by atoms with Gasteiger partial charge in [-0.05, 0) is 37.1 Å². The van der Waals surface area contributed by atoms with Crippen molar-refractivity contribution in [1.82, 2.24) is 0 Å². The first kappa shape index (κ1) is 30.4.